The third-order valence-electron chi connectivity index (χ3n) is 7.58. The molecule has 0 radical (unpaired) electrons. The zero-order valence-electron chi connectivity index (χ0n) is 22.5. The Morgan fingerprint density at radius 3 is 2.44 bits per heavy atom. The second kappa shape index (κ2) is 11.5. The van der Waals surface area contributed by atoms with E-state index in [2.05, 4.69) is 49.8 Å². The molecule has 4 aliphatic rings. The van der Waals surface area contributed by atoms with Gasteiger partial charge in [-0.05, 0) is 0 Å². The van der Waals surface area contributed by atoms with Crippen molar-refractivity contribution in [3.63, 3.8) is 0 Å². The molecule has 2 bridgehead atoms. The first-order valence-corrected chi connectivity index (χ1v) is 18.6. The number of aliphatic hydroxyl groups is 2. The van der Waals surface area contributed by atoms with Crippen molar-refractivity contribution in [1.82, 2.24) is 29.4 Å². The summed E-state index contributed by atoms with van der Waals surface area (Å²) < 4.78 is 78.1. The SMILES string of the molecule is NC1NC=Nc2c1ncn2[C@@H]1O[C@@H]2COP(=O)(S)O[C@H]3[C@@H](O)[C@H](n4cc(F)c5c(=O)[nH]cnc54)O[C@@H]3COP(=O)(S)O[C@@H]1[C@@H]2O. The number of hydrogen-bond donors (Lipinski definition) is 7. The molecule has 45 heavy (non-hydrogen) atoms. The molecule has 4 aliphatic heterocycles. The van der Waals surface area contributed by atoms with E-state index in [9.17, 15) is 28.5 Å². The van der Waals surface area contributed by atoms with Crippen LogP contribution in [0.2, 0.25) is 0 Å². The van der Waals surface area contributed by atoms with Crippen molar-refractivity contribution in [2.24, 2.45) is 10.7 Å². The van der Waals surface area contributed by atoms with E-state index in [1.807, 2.05) is 0 Å². The van der Waals surface area contributed by atoms with Gasteiger partial charge in [0.15, 0.2) is 29.7 Å². The minimum atomic E-state index is -4.38. The van der Waals surface area contributed by atoms with Gasteiger partial charge in [0.25, 0.3) is 5.56 Å². The maximum atomic E-state index is 14.7. The van der Waals surface area contributed by atoms with E-state index < -0.39 is 98.8 Å². The zero-order valence-corrected chi connectivity index (χ0v) is 26.0. The van der Waals surface area contributed by atoms with Crippen LogP contribution in [0.15, 0.2) is 28.6 Å². The van der Waals surface area contributed by atoms with Gasteiger partial charge in [0.2, 0.25) is 0 Å². The smallest absolute Gasteiger partial charge is 0.386 e. The van der Waals surface area contributed by atoms with Crippen molar-refractivity contribution in [2.75, 3.05) is 13.2 Å². The molecule has 7 heterocycles. The molecule has 0 amide bonds. The van der Waals surface area contributed by atoms with Crippen molar-refractivity contribution in [3.8, 4) is 0 Å². The highest BCUT2D eigenvalue weighted by atomic mass is 32.7. The molecule has 7 rings (SSSR count). The molecule has 3 saturated heterocycles. The standard InChI is InChI=1S/C21H25FN8O11P2S2/c22-7-1-29(17-10(7)19(33)27-5-25-17)20-13(32)14-9(39-20)3-37-43(35,45)41-15-12(31)8(2-36-42(34,44)40-14)38-21(15)30-6-28-11-16(23)24-4-26-18(11)30/h1,4-6,8-9,12-16,20-21,31-32H,2-3,23H2,(H,24,26)(H,34,44)(H,35,45)(H,25,27,33)/t8-,9-,12-,13-,14-,15-,16?,20-,21-,42?,43?/m1/s1. The monoisotopic (exact) mass is 710 g/mol. The Morgan fingerprint density at radius 1 is 1.00 bits per heavy atom. The van der Waals surface area contributed by atoms with Crippen LogP contribution in [0.3, 0.4) is 0 Å². The fourth-order valence-corrected chi connectivity index (χ4v) is 8.47. The molecule has 0 saturated carbocycles. The Labute approximate surface area is 261 Å². The van der Waals surface area contributed by atoms with Gasteiger partial charge in [-0.25, -0.2) is 28.5 Å². The number of nitrogens with zero attached hydrogens (tertiary/aromatic N) is 5. The van der Waals surface area contributed by atoms with Crippen molar-refractivity contribution in [3.05, 3.63) is 40.7 Å². The fraction of sp³-hybridized carbons (Fsp3) is 0.524. The number of halogens is 1. The number of hydrogen-bond acceptors (Lipinski definition) is 16. The lowest BCUT2D eigenvalue weighted by molar-refractivity contribution is -0.0580. The summed E-state index contributed by atoms with van der Waals surface area (Å²) in [6, 6.07) is 0. The lowest BCUT2D eigenvalue weighted by Crippen LogP contribution is -2.36. The van der Waals surface area contributed by atoms with Crippen LogP contribution in [0.5, 0.6) is 0 Å². The molecule has 24 heteroatoms. The summed E-state index contributed by atoms with van der Waals surface area (Å²) in [4.78, 5) is 26.9. The quantitative estimate of drug-likeness (QED) is 0.140. The first-order valence-electron chi connectivity index (χ1n) is 13.2. The summed E-state index contributed by atoms with van der Waals surface area (Å²) >= 11 is 8.09. The van der Waals surface area contributed by atoms with Gasteiger partial charge in [-0.2, -0.15) is 0 Å². The number of ether oxygens (including phenoxy) is 2. The van der Waals surface area contributed by atoms with Crippen molar-refractivity contribution in [2.45, 2.75) is 55.2 Å². The van der Waals surface area contributed by atoms with E-state index in [1.165, 1.54) is 17.2 Å². The van der Waals surface area contributed by atoms with Crippen molar-refractivity contribution in [1.29, 1.82) is 0 Å². The molecule has 11 atom stereocenters. The Hall–Kier alpha value is -2.17. The largest absolute Gasteiger partial charge is 0.387 e. The van der Waals surface area contributed by atoms with E-state index in [-0.39, 0.29) is 11.5 Å². The van der Waals surface area contributed by atoms with Crippen LogP contribution < -0.4 is 16.6 Å². The fourth-order valence-electron chi connectivity index (χ4n) is 5.52. The number of aliphatic hydroxyl groups excluding tert-OH is 2. The van der Waals surface area contributed by atoms with Gasteiger partial charge >= 0.3 is 13.6 Å². The summed E-state index contributed by atoms with van der Waals surface area (Å²) in [5, 5.41) is 24.7. The lowest BCUT2D eigenvalue weighted by atomic mass is 10.1. The van der Waals surface area contributed by atoms with E-state index in [0.717, 1.165) is 17.1 Å². The third kappa shape index (κ3) is 5.60. The van der Waals surface area contributed by atoms with E-state index in [1.54, 1.807) is 0 Å². The van der Waals surface area contributed by atoms with Crippen molar-refractivity contribution >= 4 is 61.3 Å². The van der Waals surface area contributed by atoms with Gasteiger partial charge < -0.3 is 40.3 Å². The molecule has 3 aromatic rings. The number of nitrogens with one attached hydrogen (secondary N) is 2. The lowest BCUT2D eigenvalue weighted by Gasteiger charge is -2.27. The predicted octanol–water partition coefficient (Wildman–Crippen LogP) is 0.390. The summed E-state index contributed by atoms with van der Waals surface area (Å²) in [5.41, 5.74) is 5.44. The zero-order chi connectivity index (χ0) is 31.8. The highest BCUT2D eigenvalue weighted by Crippen LogP contribution is 2.60. The van der Waals surface area contributed by atoms with Crippen LogP contribution in [0.1, 0.15) is 24.3 Å². The molecule has 3 fully saturated rings. The third-order valence-corrected chi connectivity index (χ3v) is 10.8. The van der Waals surface area contributed by atoms with Crippen molar-refractivity contribution < 1.29 is 51.3 Å². The number of nitrogens with two attached hydrogens (primary N) is 1. The summed E-state index contributed by atoms with van der Waals surface area (Å²) in [6.07, 6.45) is -7.52. The first kappa shape index (κ1) is 31.4. The molecule has 0 aliphatic carbocycles. The number of H-pyrrole nitrogens is 1. The average Bonchev–Trinajstić information content (AvgIpc) is 3.71. The predicted molar refractivity (Wildman–Crippen MR) is 155 cm³/mol. The molecule has 19 nitrogen and oxygen atoms in total. The Bertz CT molecular complexity index is 1830. The average molecular weight is 711 g/mol. The van der Waals surface area contributed by atoms with Crippen LogP contribution in [0, 0.1) is 5.82 Å². The summed E-state index contributed by atoms with van der Waals surface area (Å²) in [5.74, 6) is -0.682. The molecular weight excluding hydrogens is 685 g/mol. The first-order chi connectivity index (χ1) is 21.3. The minimum Gasteiger partial charge on any atom is -0.387 e. The van der Waals surface area contributed by atoms with Gasteiger partial charge in [0, 0.05) is 6.20 Å². The number of aliphatic imine (C=N–C) groups is 1. The number of rotatable bonds is 2. The second-order valence-corrected chi connectivity index (χ2v) is 16.1. The van der Waals surface area contributed by atoms with E-state index >= 15 is 0 Å². The summed E-state index contributed by atoms with van der Waals surface area (Å²) in [6.45, 7) is -9.97. The maximum absolute atomic E-state index is 14.7. The highest BCUT2D eigenvalue weighted by molar-refractivity contribution is 8.44. The Morgan fingerprint density at radius 2 is 1.69 bits per heavy atom. The molecule has 6 N–H and O–H groups in total. The summed E-state index contributed by atoms with van der Waals surface area (Å²) in [7, 11) is 0. The van der Waals surface area contributed by atoms with E-state index in [0.29, 0.717) is 5.69 Å². The molecule has 3 aromatic heterocycles. The van der Waals surface area contributed by atoms with Crippen LogP contribution in [-0.4, -0.2) is 90.5 Å². The Kier molecular flexibility index (Phi) is 8.04. The maximum Gasteiger partial charge on any atom is 0.386 e. The van der Waals surface area contributed by atoms with Gasteiger partial charge in [0.1, 0.15) is 53.9 Å². The second-order valence-electron chi connectivity index (χ2n) is 10.4. The van der Waals surface area contributed by atoms with Crippen LogP contribution >= 0.6 is 38.1 Å². The van der Waals surface area contributed by atoms with E-state index in [4.69, 9.17) is 33.3 Å². The molecule has 0 aromatic carbocycles. The van der Waals surface area contributed by atoms with Gasteiger partial charge in [-0.15, -0.1) is 0 Å². The van der Waals surface area contributed by atoms with Crippen LogP contribution in [0.25, 0.3) is 11.0 Å². The molecule has 244 valence electrons. The number of aromatic nitrogens is 5. The number of thiol groups is 2. The molecule has 0 spiro atoms. The number of imidazole rings is 1. The Balaban J connectivity index is 1.20. The van der Waals surface area contributed by atoms with Gasteiger partial charge in [-0.3, -0.25) is 27.5 Å². The number of aromatic amines is 1. The van der Waals surface area contributed by atoms with Gasteiger partial charge in [0.05, 0.1) is 32.2 Å². The van der Waals surface area contributed by atoms with Crippen LogP contribution in [-0.2, 0) is 36.7 Å². The molecule has 3 unspecified atom stereocenters. The van der Waals surface area contributed by atoms with Gasteiger partial charge in [-0.1, -0.05) is 24.5 Å². The topological polar surface area (TPSA) is 249 Å². The highest BCUT2D eigenvalue weighted by Gasteiger charge is 2.53. The number of fused-ring (bicyclic) bond motifs is 5. The normalized spacial score (nSPS) is 40.3. The van der Waals surface area contributed by atoms with Crippen LogP contribution in [0.4, 0.5) is 10.2 Å². The molecular formula is C21H25FN8O11P2S2. The minimum absolute atomic E-state index is 0.167.